The highest BCUT2D eigenvalue weighted by Crippen LogP contribution is 2.32. The second-order valence-electron chi connectivity index (χ2n) is 9.16. The van der Waals surface area contributed by atoms with Crippen LogP contribution in [0.1, 0.15) is 38.8 Å². The predicted molar refractivity (Wildman–Crippen MR) is 161 cm³/mol. The summed E-state index contributed by atoms with van der Waals surface area (Å²) in [6, 6.07) is 26.8. The summed E-state index contributed by atoms with van der Waals surface area (Å²) in [5.41, 5.74) is 3.06. The number of hydrogen-bond acceptors (Lipinski definition) is 5. The Kier molecular flexibility index (Phi) is 8.01. The molecule has 0 atom stereocenters. The van der Waals surface area contributed by atoms with E-state index in [1.165, 1.54) is 6.07 Å². The van der Waals surface area contributed by atoms with Crippen LogP contribution in [0.25, 0.3) is 0 Å². The molecule has 4 aromatic rings. The summed E-state index contributed by atoms with van der Waals surface area (Å²) >= 11 is 12.4. The summed E-state index contributed by atoms with van der Waals surface area (Å²) in [5, 5.41) is 5.84. The number of anilines is 3. The van der Waals surface area contributed by atoms with E-state index in [0.717, 1.165) is 10.5 Å². The number of amides is 3. The van der Waals surface area contributed by atoms with Gasteiger partial charge in [-0.3, -0.25) is 19.2 Å². The van der Waals surface area contributed by atoms with Gasteiger partial charge in [-0.05, 0) is 60.5 Å². The van der Waals surface area contributed by atoms with Gasteiger partial charge in [-0.2, -0.15) is 0 Å². The maximum Gasteiger partial charge on any atom is 0.283 e. The molecule has 3 amide bonds. The number of nitrogens with one attached hydrogen (secondary N) is 2. The van der Waals surface area contributed by atoms with Crippen molar-refractivity contribution in [3.63, 3.8) is 0 Å². The van der Waals surface area contributed by atoms with Crippen LogP contribution in [0.5, 0.6) is 0 Å². The van der Waals surface area contributed by atoms with E-state index in [4.69, 9.17) is 23.2 Å². The van der Waals surface area contributed by atoms with E-state index in [9.17, 15) is 19.2 Å². The van der Waals surface area contributed by atoms with Crippen LogP contribution in [0.2, 0.25) is 5.02 Å². The fraction of sp³-hybridized carbons (Fsp3) is 0.0625. The topological polar surface area (TPSA) is 95.6 Å². The zero-order valence-electron chi connectivity index (χ0n) is 21.8. The molecule has 0 bridgehead atoms. The van der Waals surface area contributed by atoms with E-state index >= 15 is 0 Å². The van der Waals surface area contributed by atoms with Gasteiger partial charge in [0.1, 0.15) is 10.7 Å². The molecule has 1 aliphatic rings. The Hall–Kier alpha value is -4.72. The maximum atomic E-state index is 13.2. The van der Waals surface area contributed by atoms with E-state index in [1.807, 2.05) is 25.1 Å². The van der Waals surface area contributed by atoms with Crippen LogP contribution in [0.15, 0.2) is 108 Å². The summed E-state index contributed by atoms with van der Waals surface area (Å²) in [7, 11) is 0. The first kappa shape index (κ1) is 27.8. The first-order valence-corrected chi connectivity index (χ1v) is 13.5. The van der Waals surface area contributed by atoms with Crippen molar-refractivity contribution in [3.05, 3.63) is 135 Å². The average Bonchev–Trinajstić information content (AvgIpc) is 3.21. The Bertz CT molecular complexity index is 1720. The molecule has 1 heterocycles. The number of halogens is 2. The summed E-state index contributed by atoms with van der Waals surface area (Å²) in [6.07, 6.45) is 0.634. The number of para-hydroxylation sites is 1. The van der Waals surface area contributed by atoms with Gasteiger partial charge in [0.2, 0.25) is 0 Å². The van der Waals surface area contributed by atoms with Crippen LogP contribution in [-0.2, 0) is 16.0 Å². The number of nitrogens with zero attached hydrogens (tertiary/aromatic N) is 1. The monoisotopic (exact) mass is 583 g/mol. The molecule has 0 spiro atoms. The van der Waals surface area contributed by atoms with E-state index in [2.05, 4.69) is 10.6 Å². The number of ketones is 1. The third kappa shape index (κ3) is 5.63. The maximum absolute atomic E-state index is 13.2. The van der Waals surface area contributed by atoms with Crippen molar-refractivity contribution in [3.8, 4) is 0 Å². The lowest BCUT2D eigenvalue weighted by Gasteiger charge is -2.18. The molecule has 0 aliphatic carbocycles. The van der Waals surface area contributed by atoms with Crippen LogP contribution >= 0.6 is 23.2 Å². The van der Waals surface area contributed by atoms with Crippen molar-refractivity contribution >= 4 is 63.8 Å². The second-order valence-corrected chi connectivity index (χ2v) is 9.97. The van der Waals surface area contributed by atoms with Gasteiger partial charge in [0.15, 0.2) is 5.78 Å². The number of carbonyl (C=O) groups excluding carboxylic acids is 4. The summed E-state index contributed by atoms with van der Waals surface area (Å²) in [6.45, 7) is 1.94. The zero-order valence-corrected chi connectivity index (χ0v) is 23.3. The third-order valence-electron chi connectivity index (χ3n) is 6.57. The van der Waals surface area contributed by atoms with Gasteiger partial charge in [0, 0.05) is 27.4 Å². The number of imide groups is 1. The minimum Gasteiger partial charge on any atom is -0.350 e. The first-order chi connectivity index (χ1) is 19.8. The Morgan fingerprint density at radius 2 is 1.46 bits per heavy atom. The quantitative estimate of drug-likeness (QED) is 0.175. The summed E-state index contributed by atoms with van der Waals surface area (Å²) in [4.78, 5) is 53.3. The average molecular weight is 584 g/mol. The van der Waals surface area contributed by atoms with E-state index in [-0.39, 0.29) is 22.1 Å². The van der Waals surface area contributed by atoms with Gasteiger partial charge in [-0.25, -0.2) is 4.90 Å². The van der Waals surface area contributed by atoms with Crippen LogP contribution in [0.4, 0.5) is 17.1 Å². The second kappa shape index (κ2) is 11.8. The first-order valence-electron chi connectivity index (χ1n) is 12.7. The van der Waals surface area contributed by atoms with E-state index in [1.54, 1.807) is 72.8 Å². The normalized spacial score (nSPS) is 13.0. The molecular weight excluding hydrogens is 561 g/mol. The van der Waals surface area contributed by atoms with Crippen molar-refractivity contribution in [2.45, 2.75) is 13.3 Å². The van der Waals surface area contributed by atoms with E-state index in [0.29, 0.717) is 39.6 Å². The Balaban J connectivity index is 1.32. The van der Waals surface area contributed by atoms with Gasteiger partial charge in [0.25, 0.3) is 17.7 Å². The van der Waals surface area contributed by atoms with Crippen molar-refractivity contribution in [1.29, 1.82) is 0 Å². The summed E-state index contributed by atoms with van der Waals surface area (Å²) < 4.78 is 0. The van der Waals surface area contributed by atoms with Crippen molar-refractivity contribution in [2.24, 2.45) is 0 Å². The summed E-state index contributed by atoms with van der Waals surface area (Å²) in [5.74, 6) is -1.91. The van der Waals surface area contributed by atoms with Gasteiger partial charge < -0.3 is 10.6 Å². The van der Waals surface area contributed by atoms with Gasteiger partial charge in [-0.15, -0.1) is 0 Å². The molecule has 0 saturated carbocycles. The number of hydrogen-bond donors (Lipinski definition) is 2. The van der Waals surface area contributed by atoms with E-state index < -0.39 is 17.7 Å². The SMILES string of the molecule is CCc1ccccc1N1C(=O)C(Cl)=C(Nc2ccc(C(=O)Nc3ccc(Cl)cc3C(=O)c3ccccc3)cc2)C1=O. The molecule has 7 nitrogen and oxygen atoms in total. The smallest absolute Gasteiger partial charge is 0.283 e. The molecule has 204 valence electrons. The molecule has 9 heteroatoms. The predicted octanol–water partition coefficient (Wildman–Crippen LogP) is 6.82. The molecule has 2 N–H and O–H groups in total. The van der Waals surface area contributed by atoms with Crippen LogP contribution in [0.3, 0.4) is 0 Å². The zero-order chi connectivity index (χ0) is 29.1. The van der Waals surface area contributed by atoms with Crippen molar-refractivity contribution < 1.29 is 19.2 Å². The lowest BCUT2D eigenvalue weighted by molar-refractivity contribution is -0.120. The highest BCUT2D eigenvalue weighted by molar-refractivity contribution is 6.53. The molecule has 0 fully saturated rings. The highest BCUT2D eigenvalue weighted by Gasteiger charge is 2.39. The molecule has 41 heavy (non-hydrogen) atoms. The molecule has 1 aliphatic heterocycles. The number of rotatable bonds is 8. The minimum absolute atomic E-state index is 0.0509. The number of carbonyl (C=O) groups is 4. The lowest BCUT2D eigenvalue weighted by atomic mass is 10.0. The number of benzene rings is 4. The molecular formula is C32H23Cl2N3O4. The number of aryl methyl sites for hydroxylation is 1. The van der Waals surface area contributed by atoms with Crippen LogP contribution in [-0.4, -0.2) is 23.5 Å². The fourth-order valence-corrected chi connectivity index (χ4v) is 4.84. The lowest BCUT2D eigenvalue weighted by Crippen LogP contribution is -2.33. The Morgan fingerprint density at radius 3 is 2.17 bits per heavy atom. The largest absolute Gasteiger partial charge is 0.350 e. The van der Waals surface area contributed by atoms with Crippen LogP contribution < -0.4 is 15.5 Å². The third-order valence-corrected chi connectivity index (χ3v) is 7.15. The molecule has 0 radical (unpaired) electrons. The Labute approximate surface area is 246 Å². The van der Waals surface area contributed by atoms with Crippen LogP contribution in [0, 0.1) is 0 Å². The molecule has 0 saturated heterocycles. The van der Waals surface area contributed by atoms with Crippen molar-refractivity contribution in [2.75, 3.05) is 15.5 Å². The van der Waals surface area contributed by atoms with Crippen molar-refractivity contribution in [1.82, 2.24) is 0 Å². The standard InChI is InChI=1S/C32H23Cl2N3O4/c1-2-19-8-6-7-11-26(19)37-31(40)27(34)28(32(37)41)35-23-15-12-21(13-16-23)30(39)36-25-17-14-22(33)18-24(25)29(38)20-9-4-3-5-10-20/h3-18,35H,2H2,1H3,(H,36,39). The minimum atomic E-state index is -0.611. The molecule has 5 rings (SSSR count). The highest BCUT2D eigenvalue weighted by atomic mass is 35.5. The Morgan fingerprint density at radius 1 is 0.780 bits per heavy atom. The molecule has 0 aromatic heterocycles. The molecule has 0 unspecified atom stereocenters. The van der Waals surface area contributed by atoms with Gasteiger partial charge >= 0.3 is 0 Å². The molecule has 4 aromatic carbocycles. The van der Waals surface area contributed by atoms with Gasteiger partial charge in [0.05, 0.1) is 11.4 Å². The fourth-order valence-electron chi connectivity index (χ4n) is 4.46. The van der Waals surface area contributed by atoms with Gasteiger partial charge in [-0.1, -0.05) is 78.7 Å².